The molecule has 2 rings (SSSR count). The first-order valence-electron chi connectivity index (χ1n) is 10.5. The molecular formula is C23H30N2O6. The molecule has 0 spiro atoms. The highest BCUT2D eigenvalue weighted by atomic mass is 16.7. The van der Waals surface area contributed by atoms with Crippen molar-refractivity contribution >= 4 is 30.2 Å². The maximum absolute atomic E-state index is 13.1. The van der Waals surface area contributed by atoms with E-state index in [2.05, 4.69) is 11.9 Å². The van der Waals surface area contributed by atoms with Crippen molar-refractivity contribution in [1.82, 2.24) is 4.90 Å². The Morgan fingerprint density at radius 1 is 1.03 bits per heavy atom. The van der Waals surface area contributed by atoms with Crippen molar-refractivity contribution in [2.75, 3.05) is 20.8 Å². The van der Waals surface area contributed by atoms with Crippen molar-refractivity contribution < 1.29 is 28.6 Å². The Morgan fingerprint density at radius 3 is 2.26 bits per heavy atom. The number of rotatable bonds is 13. The van der Waals surface area contributed by atoms with Gasteiger partial charge in [-0.05, 0) is 18.1 Å². The first-order valence-corrected chi connectivity index (χ1v) is 10.5. The molecule has 0 aromatic heterocycles. The summed E-state index contributed by atoms with van der Waals surface area (Å²) in [5.74, 6) is -4.65. The second-order valence-electron chi connectivity index (χ2n) is 7.09. The summed E-state index contributed by atoms with van der Waals surface area (Å²) in [6, 6.07) is 9.00. The first kappa shape index (κ1) is 24.4. The van der Waals surface area contributed by atoms with Crippen molar-refractivity contribution in [3.05, 3.63) is 41.5 Å². The van der Waals surface area contributed by atoms with Gasteiger partial charge in [0.25, 0.3) is 5.91 Å². The number of nitrogens with zero attached hydrogens (tertiary/aromatic N) is 2. The summed E-state index contributed by atoms with van der Waals surface area (Å²) in [6.07, 6.45) is 8.79. The number of hydrogen-bond donors (Lipinski definition) is 0. The lowest BCUT2D eigenvalue weighted by atomic mass is 10.1. The predicted molar refractivity (Wildman–Crippen MR) is 116 cm³/mol. The van der Waals surface area contributed by atoms with E-state index in [1.54, 1.807) is 24.3 Å². The Balaban J connectivity index is 2.26. The molecule has 31 heavy (non-hydrogen) atoms. The number of hydrogen-bond acceptors (Lipinski definition) is 6. The molecule has 1 aliphatic heterocycles. The van der Waals surface area contributed by atoms with E-state index in [4.69, 9.17) is 14.2 Å². The van der Waals surface area contributed by atoms with E-state index in [1.165, 1.54) is 33.1 Å². The van der Waals surface area contributed by atoms with Crippen LogP contribution in [0.3, 0.4) is 0 Å². The molecule has 0 bridgehead atoms. The van der Waals surface area contributed by atoms with Crippen LogP contribution in [-0.2, 0) is 28.6 Å². The zero-order valence-corrected chi connectivity index (χ0v) is 18.3. The number of methoxy groups -OCH3 is 2. The molecule has 168 valence electrons. The van der Waals surface area contributed by atoms with Gasteiger partial charge in [0.2, 0.25) is 0 Å². The van der Waals surface area contributed by atoms with Crippen LogP contribution in [0, 0.1) is 0 Å². The van der Waals surface area contributed by atoms with E-state index < -0.39 is 23.7 Å². The fraction of sp³-hybridized carbons (Fsp3) is 0.478. The number of aliphatic imine (C=N–C) groups is 1. The topological polar surface area (TPSA) is 94.5 Å². The van der Waals surface area contributed by atoms with Gasteiger partial charge < -0.3 is 14.2 Å². The molecule has 0 saturated heterocycles. The van der Waals surface area contributed by atoms with Crippen LogP contribution in [0.5, 0.6) is 0 Å². The van der Waals surface area contributed by atoms with Gasteiger partial charge in [-0.25, -0.2) is 9.69 Å². The number of esters is 1. The van der Waals surface area contributed by atoms with Crippen LogP contribution in [0.15, 0.2) is 40.9 Å². The molecule has 0 aliphatic carbocycles. The fourth-order valence-electron chi connectivity index (χ4n) is 3.28. The lowest BCUT2D eigenvalue weighted by molar-refractivity contribution is -0.242. The molecule has 0 radical (unpaired) electrons. The van der Waals surface area contributed by atoms with Gasteiger partial charge in [-0.2, -0.15) is 4.99 Å². The number of carbonyl (C=O) groups is 3. The van der Waals surface area contributed by atoms with E-state index in [1.807, 2.05) is 6.07 Å². The molecule has 2 amide bonds. The van der Waals surface area contributed by atoms with E-state index >= 15 is 0 Å². The first-order chi connectivity index (χ1) is 15.0. The largest absolute Gasteiger partial charge is 0.462 e. The van der Waals surface area contributed by atoms with Gasteiger partial charge in [-0.1, -0.05) is 69.4 Å². The number of benzene rings is 1. The summed E-state index contributed by atoms with van der Waals surface area (Å²) in [7, 11) is 2.54. The van der Waals surface area contributed by atoms with Crippen LogP contribution >= 0.6 is 0 Å². The number of carbonyl (C=O) groups excluding carboxylic acids is 3. The summed E-state index contributed by atoms with van der Waals surface area (Å²) in [5, 5.41) is 0. The average molecular weight is 431 g/mol. The Hall–Kier alpha value is -2.84. The summed E-state index contributed by atoms with van der Waals surface area (Å²) < 4.78 is 16.5. The molecule has 8 nitrogen and oxygen atoms in total. The fourth-order valence-corrected chi connectivity index (χ4v) is 3.28. The van der Waals surface area contributed by atoms with Gasteiger partial charge >= 0.3 is 17.8 Å². The Morgan fingerprint density at radius 2 is 1.68 bits per heavy atom. The lowest BCUT2D eigenvalue weighted by Crippen LogP contribution is -2.56. The maximum atomic E-state index is 13.1. The zero-order chi connectivity index (χ0) is 22.7. The highest BCUT2D eigenvalue weighted by Crippen LogP contribution is 2.31. The van der Waals surface area contributed by atoms with Gasteiger partial charge in [0.05, 0.1) is 6.61 Å². The minimum Gasteiger partial charge on any atom is -0.462 e. The van der Waals surface area contributed by atoms with E-state index in [0.29, 0.717) is 5.56 Å². The highest BCUT2D eigenvalue weighted by molar-refractivity contribution is 6.42. The van der Waals surface area contributed by atoms with Crippen molar-refractivity contribution in [3.63, 3.8) is 0 Å². The van der Waals surface area contributed by atoms with E-state index in [0.717, 1.165) is 36.9 Å². The van der Waals surface area contributed by atoms with Crippen molar-refractivity contribution in [2.45, 2.75) is 51.4 Å². The number of unbranched alkanes of at least 4 members (excludes halogenated alkanes) is 5. The highest BCUT2D eigenvalue weighted by Gasteiger charge is 2.51. The van der Waals surface area contributed by atoms with Crippen LogP contribution in [0.4, 0.5) is 0 Å². The summed E-state index contributed by atoms with van der Waals surface area (Å²) in [5.41, 5.74) is 0.589. The number of amides is 2. The molecule has 0 fully saturated rings. The smallest absolute Gasteiger partial charge is 0.341 e. The number of ether oxygens (including phenoxy) is 3. The monoisotopic (exact) mass is 430 g/mol. The SMILES string of the molecule is CCCCCCCCOC(=O)C(=Cc1ccccc1)C(OC)(OC)N1C=NC(=O)C1=O. The van der Waals surface area contributed by atoms with Crippen molar-refractivity contribution in [3.8, 4) is 0 Å². The van der Waals surface area contributed by atoms with Crippen molar-refractivity contribution in [1.29, 1.82) is 0 Å². The zero-order valence-electron chi connectivity index (χ0n) is 18.3. The van der Waals surface area contributed by atoms with E-state index in [9.17, 15) is 14.4 Å². The second-order valence-corrected chi connectivity index (χ2v) is 7.09. The summed E-state index contributed by atoms with van der Waals surface area (Å²) in [4.78, 5) is 41.5. The molecule has 1 aromatic carbocycles. The van der Waals surface area contributed by atoms with Gasteiger partial charge in [0.15, 0.2) is 0 Å². The van der Waals surface area contributed by atoms with Crippen LogP contribution in [0.25, 0.3) is 6.08 Å². The molecule has 1 heterocycles. The Labute approximate surface area is 182 Å². The molecule has 0 N–H and O–H groups in total. The van der Waals surface area contributed by atoms with Gasteiger partial charge in [0, 0.05) is 14.2 Å². The normalized spacial score (nSPS) is 14.4. The average Bonchev–Trinajstić information content (AvgIpc) is 3.13. The third-order valence-corrected chi connectivity index (χ3v) is 4.96. The van der Waals surface area contributed by atoms with Crippen LogP contribution in [0.2, 0.25) is 0 Å². The third-order valence-electron chi connectivity index (χ3n) is 4.96. The molecular weight excluding hydrogens is 400 g/mol. The van der Waals surface area contributed by atoms with Gasteiger partial charge in [-0.3, -0.25) is 9.59 Å². The lowest BCUT2D eigenvalue weighted by Gasteiger charge is -2.37. The standard InChI is InChI=1S/C23H30N2O6/c1-4-5-6-7-8-12-15-31-22(28)19(16-18-13-10-9-11-14-18)23(29-2,30-3)25-17-24-20(26)21(25)27/h9-11,13-14,16-17H,4-8,12,15H2,1-3H3. The Bertz CT molecular complexity index is 815. The van der Waals surface area contributed by atoms with Gasteiger partial charge in [0.1, 0.15) is 11.9 Å². The second kappa shape index (κ2) is 12.1. The molecule has 8 heteroatoms. The minimum atomic E-state index is -2.00. The summed E-state index contributed by atoms with van der Waals surface area (Å²) >= 11 is 0. The molecule has 1 aromatic rings. The van der Waals surface area contributed by atoms with Crippen LogP contribution in [-0.4, -0.2) is 55.8 Å². The molecule has 1 aliphatic rings. The van der Waals surface area contributed by atoms with Crippen LogP contribution in [0.1, 0.15) is 51.0 Å². The molecule has 0 saturated carbocycles. The van der Waals surface area contributed by atoms with Gasteiger partial charge in [-0.15, -0.1) is 0 Å². The Kier molecular flexibility index (Phi) is 9.55. The third kappa shape index (κ3) is 6.08. The minimum absolute atomic E-state index is 0.0795. The predicted octanol–water partition coefficient (Wildman–Crippen LogP) is 3.32. The maximum Gasteiger partial charge on any atom is 0.341 e. The quantitative estimate of drug-likeness (QED) is 0.157. The van der Waals surface area contributed by atoms with E-state index in [-0.39, 0.29) is 12.2 Å². The van der Waals surface area contributed by atoms with Crippen LogP contribution < -0.4 is 0 Å². The molecule has 0 atom stereocenters. The van der Waals surface area contributed by atoms with Crippen molar-refractivity contribution in [2.24, 2.45) is 4.99 Å². The summed E-state index contributed by atoms with van der Waals surface area (Å²) in [6.45, 7) is 2.38. The molecule has 0 unspecified atom stereocenters.